The molecule has 1 N–H and O–H groups in total. The molecular formula is C28H28N2O4. The van der Waals surface area contributed by atoms with Gasteiger partial charge in [0, 0.05) is 24.5 Å². The molecule has 1 amide bonds. The lowest BCUT2D eigenvalue weighted by Gasteiger charge is -2.25. The summed E-state index contributed by atoms with van der Waals surface area (Å²) in [4.78, 5) is 32.0. The maximum Gasteiger partial charge on any atom is 0.295 e. The smallest absolute Gasteiger partial charge is 0.295 e. The first-order chi connectivity index (χ1) is 16.4. The largest absolute Gasteiger partial charge is 0.507 e. The van der Waals surface area contributed by atoms with Crippen molar-refractivity contribution in [3.8, 4) is 5.75 Å². The highest BCUT2D eigenvalue weighted by atomic mass is 16.5. The third-order valence-corrected chi connectivity index (χ3v) is 5.94. The molecule has 2 aromatic carbocycles. The molecule has 0 radical (unpaired) electrons. The van der Waals surface area contributed by atoms with Gasteiger partial charge in [-0.05, 0) is 53.8 Å². The normalized spacial score (nSPS) is 17.4. The van der Waals surface area contributed by atoms with E-state index in [1.807, 2.05) is 63.2 Å². The minimum atomic E-state index is -0.713. The number of carbonyl (C=O) groups is 2. The highest BCUT2D eigenvalue weighted by Crippen LogP contribution is 2.41. The van der Waals surface area contributed by atoms with E-state index in [9.17, 15) is 14.7 Å². The van der Waals surface area contributed by atoms with Crippen molar-refractivity contribution < 1.29 is 19.4 Å². The number of hydrogen-bond acceptors (Lipinski definition) is 5. The lowest BCUT2D eigenvalue weighted by atomic mass is 9.93. The zero-order chi connectivity index (χ0) is 24.2. The Bertz CT molecular complexity index is 1220. The monoisotopic (exact) mass is 456 g/mol. The van der Waals surface area contributed by atoms with E-state index in [0.29, 0.717) is 12.2 Å². The first-order valence-corrected chi connectivity index (χ1v) is 11.4. The molecule has 174 valence electrons. The van der Waals surface area contributed by atoms with Crippen LogP contribution in [0.3, 0.4) is 0 Å². The number of aliphatic hydroxyl groups excluding tert-OH is 1. The second-order valence-corrected chi connectivity index (χ2v) is 8.54. The fourth-order valence-electron chi connectivity index (χ4n) is 4.30. The molecule has 1 atom stereocenters. The number of aromatic nitrogens is 1. The van der Waals surface area contributed by atoms with Crippen LogP contribution in [0.2, 0.25) is 0 Å². The number of aliphatic hydroxyl groups is 1. The van der Waals surface area contributed by atoms with Crippen molar-refractivity contribution in [2.75, 3.05) is 6.61 Å². The van der Waals surface area contributed by atoms with Crippen molar-refractivity contribution in [2.24, 2.45) is 0 Å². The molecule has 6 heteroatoms. The number of ketones is 1. The zero-order valence-corrected chi connectivity index (χ0v) is 19.6. The van der Waals surface area contributed by atoms with Crippen molar-refractivity contribution >= 4 is 17.4 Å². The summed E-state index contributed by atoms with van der Waals surface area (Å²) in [6, 6.07) is 17.6. The quantitative estimate of drug-likeness (QED) is 0.299. The van der Waals surface area contributed by atoms with Gasteiger partial charge in [-0.25, -0.2) is 0 Å². The summed E-state index contributed by atoms with van der Waals surface area (Å²) in [6.45, 7) is 6.73. The molecule has 1 saturated heterocycles. The fourth-order valence-corrected chi connectivity index (χ4v) is 4.30. The molecule has 0 spiro atoms. The van der Waals surface area contributed by atoms with Gasteiger partial charge in [-0.1, -0.05) is 50.2 Å². The molecule has 0 bridgehead atoms. The SMILES string of the molecule is CCOc1ccc(/C(O)=C2/C(=O)C(=O)N(Cc3cccnc3)C2c2ccccc2)cc1C(C)C. The maximum absolute atomic E-state index is 13.2. The molecule has 4 rings (SSSR count). The number of ether oxygens (including phenoxy) is 1. The van der Waals surface area contributed by atoms with Gasteiger partial charge in [-0.2, -0.15) is 0 Å². The highest BCUT2D eigenvalue weighted by molar-refractivity contribution is 6.46. The summed E-state index contributed by atoms with van der Waals surface area (Å²) in [5.74, 6) is -0.645. The lowest BCUT2D eigenvalue weighted by Crippen LogP contribution is -2.29. The second kappa shape index (κ2) is 9.91. The summed E-state index contributed by atoms with van der Waals surface area (Å²) in [5.41, 5.74) is 3.04. The van der Waals surface area contributed by atoms with Crippen LogP contribution >= 0.6 is 0 Å². The lowest BCUT2D eigenvalue weighted by molar-refractivity contribution is -0.140. The molecular weight excluding hydrogens is 428 g/mol. The predicted molar refractivity (Wildman–Crippen MR) is 130 cm³/mol. The van der Waals surface area contributed by atoms with Crippen LogP contribution in [0.25, 0.3) is 5.76 Å². The molecule has 1 aromatic heterocycles. The minimum Gasteiger partial charge on any atom is -0.507 e. The van der Waals surface area contributed by atoms with Gasteiger partial charge >= 0.3 is 0 Å². The van der Waals surface area contributed by atoms with Crippen molar-refractivity contribution in [3.05, 3.63) is 101 Å². The summed E-state index contributed by atoms with van der Waals surface area (Å²) < 4.78 is 5.74. The number of likely N-dealkylation sites (tertiary alicyclic amines) is 1. The Morgan fingerprint density at radius 2 is 1.85 bits per heavy atom. The van der Waals surface area contributed by atoms with Crippen molar-refractivity contribution in [2.45, 2.75) is 39.3 Å². The van der Waals surface area contributed by atoms with E-state index >= 15 is 0 Å². The van der Waals surface area contributed by atoms with E-state index < -0.39 is 17.7 Å². The van der Waals surface area contributed by atoms with E-state index in [0.717, 1.165) is 22.4 Å². The number of benzene rings is 2. The van der Waals surface area contributed by atoms with Crippen LogP contribution in [0.1, 0.15) is 55.0 Å². The molecule has 0 aliphatic carbocycles. The number of carbonyl (C=O) groups excluding carboxylic acids is 2. The maximum atomic E-state index is 13.2. The van der Waals surface area contributed by atoms with Gasteiger partial charge in [-0.3, -0.25) is 14.6 Å². The van der Waals surface area contributed by atoms with Crippen LogP contribution in [0.4, 0.5) is 0 Å². The van der Waals surface area contributed by atoms with Crippen molar-refractivity contribution in [3.63, 3.8) is 0 Å². The van der Waals surface area contributed by atoms with Crippen LogP contribution in [0.5, 0.6) is 5.75 Å². The molecule has 6 nitrogen and oxygen atoms in total. The fraction of sp³-hybridized carbons (Fsp3) is 0.250. The third-order valence-electron chi connectivity index (χ3n) is 5.94. The van der Waals surface area contributed by atoms with Crippen LogP contribution in [-0.2, 0) is 16.1 Å². The number of Topliss-reactive ketones (excluding diaryl/α,β-unsaturated/α-hetero) is 1. The van der Waals surface area contributed by atoms with Gasteiger partial charge < -0.3 is 14.7 Å². The molecule has 1 unspecified atom stereocenters. The van der Waals surface area contributed by atoms with Gasteiger partial charge in [0.05, 0.1) is 18.2 Å². The second-order valence-electron chi connectivity index (χ2n) is 8.54. The van der Waals surface area contributed by atoms with Crippen LogP contribution < -0.4 is 4.74 Å². The van der Waals surface area contributed by atoms with Gasteiger partial charge in [-0.15, -0.1) is 0 Å². The molecule has 1 aliphatic heterocycles. The zero-order valence-electron chi connectivity index (χ0n) is 19.6. The number of pyridine rings is 1. The number of amides is 1. The molecule has 1 aliphatic rings. The number of hydrogen-bond donors (Lipinski definition) is 1. The Hall–Kier alpha value is -3.93. The molecule has 2 heterocycles. The molecule has 34 heavy (non-hydrogen) atoms. The van der Waals surface area contributed by atoms with Gasteiger partial charge in [0.1, 0.15) is 11.5 Å². The van der Waals surface area contributed by atoms with Gasteiger partial charge in [0.2, 0.25) is 0 Å². The Balaban J connectivity index is 1.85. The van der Waals surface area contributed by atoms with Crippen molar-refractivity contribution in [1.82, 2.24) is 9.88 Å². The average molecular weight is 457 g/mol. The van der Waals surface area contributed by atoms with Crippen molar-refractivity contribution in [1.29, 1.82) is 0 Å². The molecule has 0 saturated carbocycles. The van der Waals surface area contributed by atoms with Gasteiger partial charge in [0.15, 0.2) is 0 Å². The Morgan fingerprint density at radius 1 is 1.09 bits per heavy atom. The van der Waals surface area contributed by atoms with E-state index in [-0.39, 0.29) is 23.8 Å². The van der Waals surface area contributed by atoms with Crippen LogP contribution in [0, 0.1) is 0 Å². The first-order valence-electron chi connectivity index (χ1n) is 11.4. The topological polar surface area (TPSA) is 79.7 Å². The standard InChI is InChI=1S/C28H28N2O4/c1-4-34-23-13-12-21(15-22(23)18(2)3)26(31)24-25(20-10-6-5-7-11-20)30(28(33)27(24)32)17-19-9-8-14-29-16-19/h5-16,18,25,31H,4,17H2,1-3H3/b26-24-. The Kier molecular flexibility index (Phi) is 6.77. The van der Waals surface area contributed by atoms with E-state index in [4.69, 9.17) is 4.74 Å². The van der Waals surface area contributed by atoms with E-state index in [1.165, 1.54) is 4.90 Å². The summed E-state index contributed by atoms with van der Waals surface area (Å²) in [5, 5.41) is 11.4. The molecule has 1 fully saturated rings. The van der Waals surface area contributed by atoms with E-state index in [1.54, 1.807) is 30.6 Å². The highest BCUT2D eigenvalue weighted by Gasteiger charge is 2.46. The Morgan fingerprint density at radius 3 is 2.50 bits per heavy atom. The summed E-state index contributed by atoms with van der Waals surface area (Å²) in [6.07, 6.45) is 3.33. The van der Waals surface area contributed by atoms with Crippen LogP contribution in [0.15, 0.2) is 78.6 Å². The number of nitrogens with zero attached hydrogens (tertiary/aromatic N) is 2. The van der Waals surface area contributed by atoms with Crippen LogP contribution in [-0.4, -0.2) is 33.3 Å². The van der Waals surface area contributed by atoms with Gasteiger partial charge in [0.25, 0.3) is 11.7 Å². The predicted octanol–water partition coefficient (Wildman–Crippen LogP) is 5.23. The summed E-state index contributed by atoms with van der Waals surface area (Å²) in [7, 11) is 0. The minimum absolute atomic E-state index is 0.0824. The van der Waals surface area contributed by atoms with E-state index in [2.05, 4.69) is 4.98 Å². The first kappa shape index (κ1) is 23.2. The summed E-state index contributed by atoms with van der Waals surface area (Å²) >= 11 is 0. The third kappa shape index (κ3) is 4.44. The number of rotatable bonds is 7. The molecule has 3 aromatic rings. The average Bonchev–Trinajstić information content (AvgIpc) is 3.10. The Labute approximate surface area is 199 Å².